The van der Waals surface area contributed by atoms with Crippen LogP contribution in [0.15, 0.2) is 18.2 Å². The zero-order valence-corrected chi connectivity index (χ0v) is 10.9. The molecule has 3 N–H and O–H groups in total. The highest BCUT2D eigenvalue weighted by atomic mass is 35.5. The van der Waals surface area contributed by atoms with Gasteiger partial charge in [-0.15, -0.1) is 0 Å². The van der Waals surface area contributed by atoms with Crippen LogP contribution in [0.1, 0.15) is 5.56 Å². The molecule has 96 valence electrons. The highest BCUT2D eigenvalue weighted by Gasteiger charge is 2.11. The van der Waals surface area contributed by atoms with E-state index in [0.717, 1.165) is 5.56 Å². The maximum absolute atomic E-state index is 9.45. The van der Waals surface area contributed by atoms with Gasteiger partial charge in [0.05, 0.1) is 18.2 Å². The first-order chi connectivity index (χ1) is 8.08. The summed E-state index contributed by atoms with van der Waals surface area (Å²) in [5.41, 5.74) is 6.34. The van der Waals surface area contributed by atoms with Crippen LogP contribution < -0.4 is 10.5 Å². The molecule has 0 amide bonds. The summed E-state index contributed by atoms with van der Waals surface area (Å²) >= 11 is 6.18. The summed E-state index contributed by atoms with van der Waals surface area (Å²) in [4.78, 5) is 1.97. The summed E-state index contributed by atoms with van der Waals surface area (Å²) < 4.78 is 5.15. The van der Waals surface area contributed by atoms with Gasteiger partial charge in [-0.3, -0.25) is 4.90 Å². The summed E-state index contributed by atoms with van der Waals surface area (Å²) in [5, 5.41) is 10.1. The number of nitrogens with zero attached hydrogens (tertiary/aromatic N) is 1. The lowest BCUT2D eigenvalue weighted by molar-refractivity contribution is 0.129. The second-order valence-corrected chi connectivity index (χ2v) is 4.40. The number of hydrogen-bond acceptors (Lipinski definition) is 4. The normalized spacial score (nSPS) is 12.8. The van der Waals surface area contributed by atoms with E-state index in [2.05, 4.69) is 0 Å². The number of ether oxygens (including phenoxy) is 1. The standard InChI is InChI=1S/C12H19ClN2O2/c1-15(8-10(16)6-14)7-9-4-3-5-11(17-2)12(9)13/h3-5,10,16H,6-8,14H2,1-2H3. The van der Waals surface area contributed by atoms with Crippen LogP contribution in [0.2, 0.25) is 5.02 Å². The molecular weight excluding hydrogens is 240 g/mol. The van der Waals surface area contributed by atoms with Gasteiger partial charge in [-0.2, -0.15) is 0 Å². The topological polar surface area (TPSA) is 58.7 Å². The maximum atomic E-state index is 9.45. The molecule has 17 heavy (non-hydrogen) atoms. The minimum atomic E-state index is -0.510. The Morgan fingerprint density at radius 1 is 1.53 bits per heavy atom. The van der Waals surface area contributed by atoms with Crippen molar-refractivity contribution in [1.29, 1.82) is 0 Å². The third-order valence-corrected chi connectivity index (χ3v) is 2.93. The zero-order valence-electron chi connectivity index (χ0n) is 10.2. The average molecular weight is 259 g/mol. The van der Waals surface area contributed by atoms with Crippen LogP contribution in [0.25, 0.3) is 0 Å². The van der Waals surface area contributed by atoms with Gasteiger partial charge < -0.3 is 15.6 Å². The van der Waals surface area contributed by atoms with E-state index in [-0.39, 0.29) is 6.54 Å². The molecule has 1 unspecified atom stereocenters. The molecule has 1 aromatic rings. The van der Waals surface area contributed by atoms with Gasteiger partial charge in [0.25, 0.3) is 0 Å². The third kappa shape index (κ3) is 4.16. The molecule has 0 heterocycles. The van der Waals surface area contributed by atoms with Crippen LogP contribution in [0.5, 0.6) is 5.75 Å². The summed E-state index contributed by atoms with van der Waals surface area (Å²) in [6.45, 7) is 1.42. The third-order valence-electron chi connectivity index (χ3n) is 2.50. The van der Waals surface area contributed by atoms with E-state index in [1.54, 1.807) is 7.11 Å². The number of halogens is 1. The second-order valence-electron chi connectivity index (χ2n) is 4.02. The number of methoxy groups -OCH3 is 1. The van der Waals surface area contributed by atoms with Gasteiger partial charge >= 0.3 is 0 Å². The lowest BCUT2D eigenvalue weighted by atomic mass is 10.2. The van der Waals surface area contributed by atoms with Crippen LogP contribution >= 0.6 is 11.6 Å². The predicted molar refractivity (Wildman–Crippen MR) is 69.4 cm³/mol. The molecular formula is C12H19ClN2O2. The lowest BCUT2D eigenvalue weighted by Crippen LogP contribution is -2.33. The molecule has 1 atom stereocenters. The highest BCUT2D eigenvalue weighted by molar-refractivity contribution is 6.32. The molecule has 0 spiro atoms. The number of aliphatic hydroxyl groups is 1. The minimum absolute atomic E-state index is 0.260. The van der Waals surface area contributed by atoms with Crippen molar-refractivity contribution in [2.45, 2.75) is 12.6 Å². The van der Waals surface area contributed by atoms with E-state index in [9.17, 15) is 5.11 Å². The molecule has 1 rings (SSSR count). The molecule has 4 nitrogen and oxygen atoms in total. The molecule has 0 saturated heterocycles. The lowest BCUT2D eigenvalue weighted by Gasteiger charge is -2.20. The molecule has 0 aliphatic heterocycles. The minimum Gasteiger partial charge on any atom is -0.495 e. The molecule has 0 aliphatic rings. The fraction of sp³-hybridized carbons (Fsp3) is 0.500. The average Bonchev–Trinajstić information content (AvgIpc) is 2.31. The maximum Gasteiger partial charge on any atom is 0.137 e. The van der Waals surface area contributed by atoms with E-state index in [1.807, 2.05) is 30.1 Å². The smallest absolute Gasteiger partial charge is 0.137 e. The van der Waals surface area contributed by atoms with Gasteiger partial charge in [0, 0.05) is 19.6 Å². The van der Waals surface area contributed by atoms with Crippen molar-refractivity contribution >= 4 is 11.6 Å². The van der Waals surface area contributed by atoms with Crippen LogP contribution in [0.3, 0.4) is 0 Å². The van der Waals surface area contributed by atoms with Gasteiger partial charge in [0.1, 0.15) is 5.75 Å². The van der Waals surface area contributed by atoms with Crippen molar-refractivity contribution in [2.24, 2.45) is 5.73 Å². The molecule has 0 aliphatic carbocycles. The number of likely N-dealkylation sites (N-methyl/N-ethyl adjacent to an activating group) is 1. The first-order valence-electron chi connectivity index (χ1n) is 5.46. The van der Waals surface area contributed by atoms with Crippen molar-refractivity contribution in [3.05, 3.63) is 28.8 Å². The molecule has 0 saturated carbocycles. The number of nitrogens with two attached hydrogens (primary N) is 1. The summed E-state index contributed by atoms with van der Waals surface area (Å²) in [7, 11) is 3.50. The van der Waals surface area contributed by atoms with Crippen LogP contribution in [0, 0.1) is 0 Å². The van der Waals surface area contributed by atoms with E-state index in [0.29, 0.717) is 23.9 Å². The Hall–Kier alpha value is -0.810. The van der Waals surface area contributed by atoms with E-state index in [4.69, 9.17) is 22.1 Å². The fourth-order valence-electron chi connectivity index (χ4n) is 1.63. The predicted octanol–water partition coefficient (Wildman–Crippen LogP) is 1.10. The van der Waals surface area contributed by atoms with Crippen molar-refractivity contribution < 1.29 is 9.84 Å². The Labute approximate surface area is 107 Å². The summed E-state index contributed by atoms with van der Waals surface area (Å²) in [6.07, 6.45) is -0.510. The Bertz CT molecular complexity index is 360. The highest BCUT2D eigenvalue weighted by Crippen LogP contribution is 2.28. The van der Waals surface area contributed by atoms with Gasteiger partial charge in [0.15, 0.2) is 0 Å². The first-order valence-corrected chi connectivity index (χ1v) is 5.84. The summed E-state index contributed by atoms with van der Waals surface area (Å²) in [6, 6.07) is 5.66. The second kappa shape index (κ2) is 6.81. The molecule has 0 radical (unpaired) electrons. The van der Waals surface area contributed by atoms with Gasteiger partial charge in [-0.1, -0.05) is 23.7 Å². The van der Waals surface area contributed by atoms with E-state index >= 15 is 0 Å². The Kier molecular flexibility index (Phi) is 5.71. The monoisotopic (exact) mass is 258 g/mol. The van der Waals surface area contributed by atoms with Crippen LogP contribution in [-0.4, -0.2) is 43.4 Å². The van der Waals surface area contributed by atoms with E-state index < -0.39 is 6.10 Å². The Morgan fingerprint density at radius 2 is 2.24 bits per heavy atom. The van der Waals surface area contributed by atoms with Crippen molar-refractivity contribution in [1.82, 2.24) is 4.90 Å². The zero-order chi connectivity index (χ0) is 12.8. The van der Waals surface area contributed by atoms with Gasteiger partial charge in [0.2, 0.25) is 0 Å². The molecule has 1 aromatic carbocycles. The van der Waals surface area contributed by atoms with E-state index in [1.165, 1.54) is 0 Å². The Morgan fingerprint density at radius 3 is 2.82 bits per heavy atom. The number of hydrogen-bond donors (Lipinski definition) is 2. The van der Waals surface area contributed by atoms with Crippen LogP contribution in [-0.2, 0) is 6.54 Å². The van der Waals surface area contributed by atoms with Crippen LogP contribution in [0.4, 0.5) is 0 Å². The molecule has 0 bridgehead atoms. The van der Waals surface area contributed by atoms with Crippen molar-refractivity contribution in [3.63, 3.8) is 0 Å². The van der Waals surface area contributed by atoms with Gasteiger partial charge in [-0.05, 0) is 18.7 Å². The fourth-order valence-corrected chi connectivity index (χ4v) is 1.89. The van der Waals surface area contributed by atoms with Gasteiger partial charge in [-0.25, -0.2) is 0 Å². The number of rotatable bonds is 6. The van der Waals surface area contributed by atoms with Crippen molar-refractivity contribution in [2.75, 3.05) is 27.2 Å². The summed E-state index contributed by atoms with van der Waals surface area (Å²) in [5.74, 6) is 0.664. The number of aliphatic hydroxyl groups excluding tert-OH is 1. The molecule has 0 aromatic heterocycles. The van der Waals surface area contributed by atoms with Crippen molar-refractivity contribution in [3.8, 4) is 5.75 Å². The first kappa shape index (κ1) is 14.3. The molecule has 5 heteroatoms. The quantitative estimate of drug-likeness (QED) is 0.802. The molecule has 0 fully saturated rings. The Balaban J connectivity index is 2.68. The SMILES string of the molecule is COc1cccc(CN(C)CC(O)CN)c1Cl. The number of benzene rings is 1. The largest absolute Gasteiger partial charge is 0.495 e.